The summed E-state index contributed by atoms with van der Waals surface area (Å²) in [5.74, 6) is 0.802. The Kier molecular flexibility index (Phi) is 13.6. The molecule has 0 saturated heterocycles. The molecule has 0 aliphatic carbocycles. The first kappa shape index (κ1) is 14.3. The fourth-order valence-corrected chi connectivity index (χ4v) is 1.97. The van der Waals surface area contributed by atoms with E-state index < -0.39 is 0 Å². The normalized spacial score (nSPS) is 10.7. The van der Waals surface area contributed by atoms with Crippen molar-refractivity contribution < 1.29 is 4.55 Å². The van der Waals surface area contributed by atoms with Crippen molar-refractivity contribution in [3.8, 4) is 0 Å². The first-order valence-electron chi connectivity index (χ1n) is 6.16. The Morgan fingerprint density at radius 2 is 1.14 bits per heavy atom. The van der Waals surface area contributed by atoms with E-state index in [1.807, 2.05) is 0 Å². The van der Waals surface area contributed by atoms with Crippen LogP contribution in [-0.4, -0.2) is 5.75 Å². The van der Waals surface area contributed by atoms with Gasteiger partial charge < -0.3 is 0 Å². The highest BCUT2D eigenvalue weighted by Gasteiger charge is 1.92. The van der Waals surface area contributed by atoms with E-state index in [0.717, 1.165) is 24.2 Å². The fraction of sp³-hybridized carbons (Fsp3) is 1.00. The first-order valence-corrected chi connectivity index (χ1v) is 7.07. The van der Waals surface area contributed by atoms with Crippen LogP contribution < -0.4 is 0 Å². The number of hydrogen-bond acceptors (Lipinski definition) is 1. The van der Waals surface area contributed by atoms with Crippen molar-refractivity contribution in [2.75, 3.05) is 5.75 Å². The van der Waals surface area contributed by atoms with Crippen molar-refractivity contribution in [1.29, 1.82) is 0 Å². The maximum absolute atomic E-state index is 10.1. The molecule has 1 radical (unpaired) electrons. The van der Waals surface area contributed by atoms with Gasteiger partial charge in [-0.25, -0.2) is 0 Å². The fourth-order valence-electron chi connectivity index (χ4n) is 1.65. The van der Waals surface area contributed by atoms with E-state index in [2.05, 4.69) is 6.92 Å². The van der Waals surface area contributed by atoms with E-state index in [9.17, 15) is 4.55 Å². The topological polar surface area (TPSA) is 19.9 Å². The van der Waals surface area contributed by atoms with Crippen molar-refractivity contribution in [3.63, 3.8) is 0 Å². The molecule has 85 valence electrons. The summed E-state index contributed by atoms with van der Waals surface area (Å²) in [5.41, 5.74) is 0. The largest absolute Gasteiger partial charge is 0.151 e. The van der Waals surface area contributed by atoms with E-state index in [1.165, 1.54) is 57.8 Å². The van der Waals surface area contributed by atoms with Crippen LogP contribution in [0.15, 0.2) is 0 Å². The molecule has 0 atom stereocenters. The second kappa shape index (κ2) is 13.3. The molecule has 0 N–H and O–H groups in total. The number of rotatable bonds is 11. The van der Waals surface area contributed by atoms with Gasteiger partial charge in [-0.15, -0.1) is 0 Å². The maximum atomic E-state index is 10.1. The zero-order valence-corrected chi connectivity index (χ0v) is 10.4. The van der Waals surface area contributed by atoms with E-state index in [-0.39, 0.29) is 0 Å². The second-order valence-electron chi connectivity index (χ2n) is 4.00. The van der Waals surface area contributed by atoms with Gasteiger partial charge in [0.15, 0.2) is 0 Å². The van der Waals surface area contributed by atoms with Gasteiger partial charge in [-0.2, -0.15) is 4.55 Å². The van der Waals surface area contributed by atoms with Gasteiger partial charge in [0.1, 0.15) is 0 Å². The summed E-state index contributed by atoms with van der Waals surface area (Å²) < 4.78 is 10.1. The minimum Gasteiger partial charge on any atom is -0.151 e. The van der Waals surface area contributed by atoms with Gasteiger partial charge in [-0.3, -0.25) is 0 Å². The average molecular weight is 217 g/mol. The predicted octanol–water partition coefficient (Wildman–Crippen LogP) is 4.99. The van der Waals surface area contributed by atoms with Gasteiger partial charge in [0, 0.05) is 17.8 Å². The molecule has 0 heterocycles. The maximum Gasteiger partial charge on any atom is 0.0326 e. The Morgan fingerprint density at radius 1 is 0.714 bits per heavy atom. The Balaban J connectivity index is 2.78. The Hall–Kier alpha value is 0.310. The highest BCUT2D eigenvalue weighted by molar-refractivity contribution is 7.93. The molecule has 0 aromatic rings. The molecule has 0 aliphatic rings. The Morgan fingerprint density at radius 3 is 1.57 bits per heavy atom. The molecular weight excluding hydrogens is 192 g/mol. The van der Waals surface area contributed by atoms with E-state index in [1.54, 1.807) is 0 Å². The van der Waals surface area contributed by atoms with Gasteiger partial charge in [-0.1, -0.05) is 64.7 Å². The van der Waals surface area contributed by atoms with Crippen LogP contribution >= 0.6 is 12.0 Å². The number of hydrogen-bond donors (Lipinski definition) is 0. The van der Waals surface area contributed by atoms with Crippen LogP contribution in [-0.2, 0) is 4.55 Å². The highest BCUT2D eigenvalue weighted by atomic mass is 32.2. The molecule has 0 rings (SSSR count). The molecule has 0 spiro atoms. The summed E-state index contributed by atoms with van der Waals surface area (Å²) in [7, 11) is 0. The quantitative estimate of drug-likeness (QED) is 0.353. The second-order valence-corrected chi connectivity index (χ2v) is 4.65. The third kappa shape index (κ3) is 12.3. The molecule has 0 bridgehead atoms. The van der Waals surface area contributed by atoms with E-state index in [4.69, 9.17) is 0 Å². The third-order valence-corrected chi connectivity index (χ3v) is 3.04. The average Bonchev–Trinajstić information content (AvgIpc) is 2.21. The molecule has 0 amide bonds. The van der Waals surface area contributed by atoms with Crippen molar-refractivity contribution >= 4 is 12.0 Å². The minimum absolute atomic E-state index is 0.729. The van der Waals surface area contributed by atoms with E-state index >= 15 is 0 Å². The summed E-state index contributed by atoms with van der Waals surface area (Å²) >= 11 is 0.729. The minimum atomic E-state index is 0.729. The monoisotopic (exact) mass is 217 g/mol. The lowest BCUT2D eigenvalue weighted by atomic mass is 10.1. The molecule has 0 saturated carbocycles. The van der Waals surface area contributed by atoms with Crippen LogP contribution in [0, 0.1) is 0 Å². The first-order chi connectivity index (χ1) is 6.91. The SMILES string of the molecule is CCCCCCCCCCCCS[O]. The zero-order valence-electron chi connectivity index (χ0n) is 9.59. The summed E-state index contributed by atoms with van der Waals surface area (Å²) in [6.45, 7) is 2.26. The van der Waals surface area contributed by atoms with Crippen LogP contribution in [0.5, 0.6) is 0 Å². The lowest BCUT2D eigenvalue weighted by Crippen LogP contribution is -1.82. The van der Waals surface area contributed by atoms with Crippen LogP contribution in [0.3, 0.4) is 0 Å². The van der Waals surface area contributed by atoms with Crippen molar-refractivity contribution in [2.45, 2.75) is 71.1 Å². The van der Waals surface area contributed by atoms with Crippen LogP contribution in [0.2, 0.25) is 0 Å². The predicted molar refractivity (Wildman–Crippen MR) is 65.0 cm³/mol. The van der Waals surface area contributed by atoms with Gasteiger partial charge >= 0.3 is 0 Å². The summed E-state index contributed by atoms with van der Waals surface area (Å²) in [6, 6.07) is 0. The van der Waals surface area contributed by atoms with Gasteiger partial charge in [0.05, 0.1) is 0 Å². The standard InChI is InChI=1S/C12H25OS/c1-2-3-4-5-6-7-8-9-10-11-12-14-13/h2-12H2,1H3. The molecule has 2 heteroatoms. The lowest BCUT2D eigenvalue weighted by Gasteiger charge is -2.00. The molecule has 0 unspecified atom stereocenters. The van der Waals surface area contributed by atoms with E-state index in [0.29, 0.717) is 0 Å². The Labute approximate surface area is 93.9 Å². The molecule has 0 aliphatic heterocycles. The third-order valence-electron chi connectivity index (χ3n) is 2.58. The van der Waals surface area contributed by atoms with Gasteiger partial charge in [0.25, 0.3) is 0 Å². The van der Waals surface area contributed by atoms with Gasteiger partial charge in [0.2, 0.25) is 0 Å². The van der Waals surface area contributed by atoms with Gasteiger partial charge in [-0.05, 0) is 6.42 Å². The number of unbranched alkanes of at least 4 members (excludes halogenated alkanes) is 9. The molecule has 0 fully saturated rings. The van der Waals surface area contributed by atoms with Crippen LogP contribution in [0.1, 0.15) is 71.1 Å². The molecular formula is C12H25OS. The summed E-state index contributed by atoms with van der Waals surface area (Å²) in [4.78, 5) is 0. The zero-order chi connectivity index (χ0) is 10.5. The molecule has 0 aromatic carbocycles. The smallest absolute Gasteiger partial charge is 0.0326 e. The lowest BCUT2D eigenvalue weighted by molar-refractivity contribution is 0.526. The van der Waals surface area contributed by atoms with Crippen molar-refractivity contribution in [3.05, 3.63) is 0 Å². The van der Waals surface area contributed by atoms with Crippen LogP contribution in [0.25, 0.3) is 0 Å². The molecule has 1 nitrogen and oxygen atoms in total. The molecule has 14 heavy (non-hydrogen) atoms. The molecule has 0 aromatic heterocycles. The Bertz CT molecular complexity index is 84.3. The summed E-state index contributed by atoms with van der Waals surface area (Å²) in [5, 5.41) is 0. The van der Waals surface area contributed by atoms with Crippen LogP contribution in [0.4, 0.5) is 0 Å². The van der Waals surface area contributed by atoms with Crippen molar-refractivity contribution in [2.24, 2.45) is 0 Å². The van der Waals surface area contributed by atoms with Crippen molar-refractivity contribution in [1.82, 2.24) is 0 Å². The summed E-state index contributed by atoms with van der Waals surface area (Å²) in [6.07, 6.45) is 13.5. The highest BCUT2D eigenvalue weighted by Crippen LogP contribution is 2.11.